The first-order valence-corrected chi connectivity index (χ1v) is 8.58. The van der Waals surface area contributed by atoms with Crippen molar-refractivity contribution in [2.75, 3.05) is 44.4 Å². The summed E-state index contributed by atoms with van der Waals surface area (Å²) in [7, 11) is 0. The van der Waals surface area contributed by atoms with Crippen LogP contribution in [0.4, 0.5) is 16.2 Å². The molecule has 1 saturated heterocycles. The highest BCUT2D eigenvalue weighted by Gasteiger charge is 2.13. The molecular weight excluding hydrogens is 316 g/mol. The minimum Gasteiger partial charge on any atom is -0.379 e. The third kappa shape index (κ3) is 5.20. The van der Waals surface area contributed by atoms with Crippen LogP contribution >= 0.6 is 0 Å². The lowest BCUT2D eigenvalue weighted by molar-refractivity contribution is 0.0387. The van der Waals surface area contributed by atoms with Gasteiger partial charge >= 0.3 is 6.03 Å². The highest BCUT2D eigenvalue weighted by Crippen LogP contribution is 2.22. The first-order valence-electron chi connectivity index (χ1n) is 8.58. The molecule has 3 rings (SSSR count). The molecule has 6 heteroatoms. The fourth-order valence-electron chi connectivity index (χ4n) is 2.73. The molecule has 0 bridgehead atoms. The monoisotopic (exact) mass is 340 g/mol. The number of morpholine rings is 1. The van der Waals surface area contributed by atoms with Crippen molar-refractivity contribution in [3.05, 3.63) is 60.7 Å². The maximum absolute atomic E-state index is 12.3. The highest BCUT2D eigenvalue weighted by molar-refractivity contribution is 5.79. The fraction of sp³-hybridized carbons (Fsp3) is 0.316. The molecule has 1 heterocycles. The lowest BCUT2D eigenvalue weighted by Gasteiger charge is -2.28. The summed E-state index contributed by atoms with van der Waals surface area (Å²) in [6.45, 7) is 4.80. The van der Waals surface area contributed by atoms with E-state index in [9.17, 15) is 4.79 Å². The van der Waals surface area contributed by atoms with Gasteiger partial charge in [-0.15, -0.1) is 0 Å². The van der Waals surface area contributed by atoms with Crippen LogP contribution in [0, 0.1) is 0 Å². The number of anilines is 2. The fourth-order valence-corrected chi connectivity index (χ4v) is 2.73. The largest absolute Gasteiger partial charge is 0.379 e. The Morgan fingerprint density at radius 3 is 2.08 bits per heavy atom. The normalized spacial score (nSPS) is 14.7. The van der Waals surface area contributed by atoms with Gasteiger partial charge in [-0.25, -0.2) is 10.2 Å². The van der Waals surface area contributed by atoms with Crippen LogP contribution in [0.2, 0.25) is 0 Å². The van der Waals surface area contributed by atoms with Crippen LogP contribution in [0.1, 0.15) is 0 Å². The first kappa shape index (κ1) is 17.3. The second kappa shape index (κ2) is 9.05. The van der Waals surface area contributed by atoms with Gasteiger partial charge in [0.2, 0.25) is 0 Å². The van der Waals surface area contributed by atoms with Crippen molar-refractivity contribution in [3.8, 4) is 0 Å². The zero-order valence-corrected chi connectivity index (χ0v) is 14.2. The number of benzene rings is 2. The zero-order chi connectivity index (χ0) is 17.3. The number of hydrazine groups is 1. The Balaban J connectivity index is 1.57. The van der Waals surface area contributed by atoms with E-state index in [1.165, 1.54) is 0 Å². The second-order valence-corrected chi connectivity index (χ2v) is 5.83. The van der Waals surface area contributed by atoms with E-state index in [0.29, 0.717) is 6.54 Å². The van der Waals surface area contributed by atoms with Crippen LogP contribution in [0.15, 0.2) is 60.7 Å². The Hall–Kier alpha value is -2.57. The smallest absolute Gasteiger partial charge is 0.333 e. The van der Waals surface area contributed by atoms with Gasteiger partial charge in [-0.1, -0.05) is 36.4 Å². The molecule has 2 amide bonds. The van der Waals surface area contributed by atoms with E-state index in [-0.39, 0.29) is 6.03 Å². The molecule has 0 spiro atoms. The van der Waals surface area contributed by atoms with Gasteiger partial charge in [-0.05, 0) is 24.3 Å². The maximum atomic E-state index is 12.3. The molecule has 2 aromatic rings. The number of nitrogens with one attached hydrogen (secondary N) is 2. The Labute approximate surface area is 148 Å². The molecule has 0 aromatic heterocycles. The second-order valence-electron chi connectivity index (χ2n) is 5.83. The molecule has 1 fully saturated rings. The van der Waals surface area contributed by atoms with Gasteiger partial charge in [0.25, 0.3) is 0 Å². The minimum atomic E-state index is -0.221. The number of hydrogen-bond donors (Lipinski definition) is 2. The number of para-hydroxylation sites is 2. The molecule has 132 valence electrons. The summed E-state index contributed by atoms with van der Waals surface area (Å²) in [5.41, 5.74) is 4.73. The number of hydrogen-bond acceptors (Lipinski definition) is 4. The van der Waals surface area contributed by atoms with Crippen molar-refractivity contribution < 1.29 is 9.53 Å². The van der Waals surface area contributed by atoms with Gasteiger partial charge in [-0.3, -0.25) is 9.91 Å². The van der Waals surface area contributed by atoms with Gasteiger partial charge in [0.15, 0.2) is 0 Å². The quantitative estimate of drug-likeness (QED) is 0.793. The van der Waals surface area contributed by atoms with Gasteiger partial charge in [-0.2, -0.15) is 0 Å². The number of ether oxygens (including phenoxy) is 1. The first-order chi connectivity index (χ1) is 12.3. The molecular formula is C19H24N4O2. The number of rotatable bonds is 6. The van der Waals surface area contributed by atoms with Crippen LogP contribution in [0.5, 0.6) is 0 Å². The Morgan fingerprint density at radius 2 is 1.52 bits per heavy atom. The van der Waals surface area contributed by atoms with Crippen molar-refractivity contribution in [3.63, 3.8) is 0 Å². The number of urea groups is 1. The van der Waals surface area contributed by atoms with Gasteiger partial charge in [0.05, 0.1) is 24.6 Å². The van der Waals surface area contributed by atoms with E-state index in [1.54, 1.807) is 5.01 Å². The molecule has 0 saturated carbocycles. The van der Waals surface area contributed by atoms with Crippen LogP contribution in [0.25, 0.3) is 0 Å². The third-order valence-corrected chi connectivity index (χ3v) is 4.06. The Morgan fingerprint density at radius 1 is 0.960 bits per heavy atom. The number of carbonyl (C=O) groups is 1. The molecule has 6 nitrogen and oxygen atoms in total. The average molecular weight is 340 g/mol. The summed E-state index contributed by atoms with van der Waals surface area (Å²) in [6, 6.07) is 19.3. The van der Waals surface area contributed by atoms with Crippen molar-refractivity contribution in [1.29, 1.82) is 0 Å². The van der Waals surface area contributed by atoms with Crippen molar-refractivity contribution in [1.82, 2.24) is 15.6 Å². The molecule has 1 aliphatic heterocycles. The van der Waals surface area contributed by atoms with E-state index in [2.05, 4.69) is 15.6 Å². The van der Waals surface area contributed by atoms with Crippen LogP contribution in [0.3, 0.4) is 0 Å². The topological polar surface area (TPSA) is 56.8 Å². The minimum absolute atomic E-state index is 0.221. The van der Waals surface area contributed by atoms with Crippen molar-refractivity contribution in [2.45, 2.75) is 0 Å². The molecule has 1 aliphatic rings. The summed E-state index contributed by atoms with van der Waals surface area (Å²) in [4.78, 5) is 14.6. The van der Waals surface area contributed by atoms with Gasteiger partial charge in [0, 0.05) is 26.2 Å². The zero-order valence-electron chi connectivity index (χ0n) is 14.2. The summed E-state index contributed by atoms with van der Waals surface area (Å²) in [5, 5.41) is 4.71. The maximum Gasteiger partial charge on any atom is 0.333 e. The predicted octanol–water partition coefficient (Wildman–Crippen LogP) is 2.37. The Bertz CT molecular complexity index is 605. The standard InChI is InChI=1S/C19H24N4O2/c24-19(20-11-12-22-13-15-25-16-14-22)21-23(17-7-3-1-4-8-17)18-9-5-2-6-10-18/h1-10H,11-16H2,(H2,20,21,24). The van der Waals surface area contributed by atoms with Gasteiger partial charge in [0.1, 0.15) is 0 Å². The third-order valence-electron chi connectivity index (χ3n) is 4.06. The lowest BCUT2D eigenvalue weighted by atomic mass is 10.2. The molecule has 2 N–H and O–H groups in total. The highest BCUT2D eigenvalue weighted by atomic mass is 16.5. The summed E-state index contributed by atoms with van der Waals surface area (Å²) >= 11 is 0. The van der Waals surface area contributed by atoms with E-state index < -0.39 is 0 Å². The summed E-state index contributed by atoms with van der Waals surface area (Å²) in [5.74, 6) is 0. The molecule has 0 unspecified atom stereocenters. The van der Waals surface area contributed by atoms with E-state index in [1.807, 2.05) is 60.7 Å². The van der Waals surface area contributed by atoms with Crippen molar-refractivity contribution >= 4 is 17.4 Å². The van der Waals surface area contributed by atoms with E-state index in [4.69, 9.17) is 4.74 Å². The number of amides is 2. The molecule has 2 aromatic carbocycles. The molecule has 25 heavy (non-hydrogen) atoms. The summed E-state index contributed by atoms with van der Waals surface area (Å²) < 4.78 is 5.33. The molecule has 0 aliphatic carbocycles. The van der Waals surface area contributed by atoms with Crippen LogP contribution in [-0.4, -0.2) is 50.3 Å². The summed E-state index contributed by atoms with van der Waals surface area (Å²) in [6.07, 6.45) is 0. The average Bonchev–Trinajstić information content (AvgIpc) is 2.68. The van der Waals surface area contributed by atoms with E-state index >= 15 is 0 Å². The number of carbonyl (C=O) groups excluding carboxylic acids is 1. The Kier molecular flexibility index (Phi) is 6.25. The van der Waals surface area contributed by atoms with Crippen LogP contribution in [-0.2, 0) is 4.74 Å². The predicted molar refractivity (Wildman–Crippen MR) is 98.8 cm³/mol. The van der Waals surface area contributed by atoms with Gasteiger partial charge < -0.3 is 10.1 Å². The van der Waals surface area contributed by atoms with Crippen molar-refractivity contribution in [2.24, 2.45) is 0 Å². The SMILES string of the molecule is O=C(NCCN1CCOCC1)NN(c1ccccc1)c1ccccc1. The van der Waals surface area contributed by atoms with Crippen LogP contribution < -0.4 is 15.8 Å². The lowest BCUT2D eigenvalue weighted by Crippen LogP contribution is -2.48. The van der Waals surface area contributed by atoms with E-state index in [0.717, 1.165) is 44.2 Å². The number of nitrogens with zero attached hydrogens (tertiary/aromatic N) is 2. The molecule has 0 radical (unpaired) electrons. The molecule has 0 atom stereocenters.